The molecule has 17 heavy (non-hydrogen) atoms. The Balaban J connectivity index is 1.60. The van der Waals surface area contributed by atoms with Crippen LogP contribution in [0.4, 0.5) is 0 Å². The van der Waals surface area contributed by atoms with Gasteiger partial charge < -0.3 is 10.1 Å². The van der Waals surface area contributed by atoms with E-state index in [0.717, 1.165) is 32.5 Å². The van der Waals surface area contributed by atoms with Gasteiger partial charge in [-0.05, 0) is 32.2 Å². The Kier molecular flexibility index (Phi) is 3.74. The Hall–Kier alpha value is -0.450. The molecule has 1 N–H and O–H groups in total. The van der Waals surface area contributed by atoms with E-state index in [2.05, 4.69) is 10.7 Å². The normalized spacial score (nSPS) is 26.5. The molecule has 0 bridgehead atoms. The molecule has 1 atom stereocenters. The van der Waals surface area contributed by atoms with E-state index in [1.54, 1.807) is 0 Å². The highest BCUT2D eigenvalue weighted by molar-refractivity contribution is 7.09. The zero-order valence-electron chi connectivity index (χ0n) is 10.2. The molecule has 0 aliphatic carbocycles. The van der Waals surface area contributed by atoms with Gasteiger partial charge in [-0.2, -0.15) is 0 Å². The average Bonchev–Trinajstić information content (AvgIpc) is 3.02. The molecule has 3 rings (SSSR count). The maximum Gasteiger partial charge on any atom is 0.0943 e. The van der Waals surface area contributed by atoms with Crippen molar-refractivity contribution < 1.29 is 4.74 Å². The summed E-state index contributed by atoms with van der Waals surface area (Å²) in [4.78, 5) is 4.82. The van der Waals surface area contributed by atoms with Crippen molar-refractivity contribution in [2.75, 3.05) is 19.8 Å². The minimum absolute atomic E-state index is 0.644. The molecule has 2 aliphatic rings. The number of ether oxygens (including phenoxy) is 1. The van der Waals surface area contributed by atoms with Crippen LogP contribution in [0.25, 0.3) is 0 Å². The quantitative estimate of drug-likeness (QED) is 0.896. The average molecular weight is 252 g/mol. The maximum absolute atomic E-state index is 5.40. The fraction of sp³-hybridized carbons (Fsp3) is 0.769. The van der Waals surface area contributed by atoms with Crippen molar-refractivity contribution in [3.8, 4) is 0 Å². The molecule has 2 aliphatic heterocycles. The first-order valence-electron chi connectivity index (χ1n) is 6.67. The molecule has 0 amide bonds. The smallest absolute Gasteiger partial charge is 0.0943 e. The van der Waals surface area contributed by atoms with Gasteiger partial charge in [0.25, 0.3) is 0 Å². The molecule has 94 valence electrons. The van der Waals surface area contributed by atoms with E-state index >= 15 is 0 Å². The van der Waals surface area contributed by atoms with Crippen LogP contribution in [0.5, 0.6) is 0 Å². The van der Waals surface area contributed by atoms with Crippen molar-refractivity contribution >= 4 is 11.3 Å². The molecule has 1 aromatic rings. The van der Waals surface area contributed by atoms with E-state index in [4.69, 9.17) is 9.72 Å². The van der Waals surface area contributed by atoms with Gasteiger partial charge in [0.05, 0.1) is 10.7 Å². The van der Waals surface area contributed by atoms with Crippen LogP contribution in [0.1, 0.15) is 42.3 Å². The summed E-state index contributed by atoms with van der Waals surface area (Å²) >= 11 is 1.84. The summed E-state index contributed by atoms with van der Waals surface area (Å²) in [5, 5.41) is 7.12. The van der Waals surface area contributed by atoms with Crippen molar-refractivity contribution in [3.63, 3.8) is 0 Å². The maximum atomic E-state index is 5.40. The van der Waals surface area contributed by atoms with Gasteiger partial charge >= 0.3 is 0 Å². The predicted molar refractivity (Wildman–Crippen MR) is 69.6 cm³/mol. The van der Waals surface area contributed by atoms with E-state index in [1.165, 1.54) is 30.1 Å². The van der Waals surface area contributed by atoms with Crippen molar-refractivity contribution in [2.45, 2.75) is 44.1 Å². The molecule has 1 aromatic heterocycles. The van der Waals surface area contributed by atoms with Crippen LogP contribution >= 0.6 is 11.3 Å². The summed E-state index contributed by atoms with van der Waals surface area (Å²) in [7, 11) is 0. The van der Waals surface area contributed by atoms with Gasteiger partial charge in [-0.15, -0.1) is 11.3 Å². The molecular weight excluding hydrogens is 232 g/mol. The second-order valence-corrected chi connectivity index (χ2v) is 5.99. The Bertz CT molecular complexity index is 354. The fourth-order valence-corrected chi connectivity index (χ4v) is 3.70. The van der Waals surface area contributed by atoms with Crippen LogP contribution in [0, 0.1) is 0 Å². The largest absolute Gasteiger partial charge is 0.381 e. The number of thiazole rings is 1. The zero-order chi connectivity index (χ0) is 11.5. The molecule has 1 unspecified atom stereocenters. The van der Waals surface area contributed by atoms with Crippen LogP contribution < -0.4 is 5.32 Å². The molecule has 3 nitrogen and oxygen atoms in total. The minimum Gasteiger partial charge on any atom is -0.381 e. The fourth-order valence-electron chi connectivity index (χ4n) is 2.74. The standard InChI is InChI=1S/C13H20N2OS/c1-2-11(14-5-1)8-13-15-12(9-17-13)10-3-6-16-7-4-10/h9-11,14H,1-8H2. The van der Waals surface area contributed by atoms with Crippen molar-refractivity contribution in [2.24, 2.45) is 0 Å². The highest BCUT2D eigenvalue weighted by Crippen LogP contribution is 2.28. The number of nitrogens with one attached hydrogen (secondary N) is 1. The van der Waals surface area contributed by atoms with E-state index in [0.29, 0.717) is 12.0 Å². The third-order valence-electron chi connectivity index (χ3n) is 3.79. The highest BCUT2D eigenvalue weighted by atomic mass is 32.1. The zero-order valence-corrected chi connectivity index (χ0v) is 11.0. The van der Waals surface area contributed by atoms with Gasteiger partial charge in [0.1, 0.15) is 0 Å². The number of aromatic nitrogens is 1. The Morgan fingerprint density at radius 2 is 2.24 bits per heavy atom. The van der Waals surface area contributed by atoms with Gasteiger partial charge in [0.15, 0.2) is 0 Å². The van der Waals surface area contributed by atoms with Crippen molar-refractivity contribution in [1.29, 1.82) is 0 Å². The van der Waals surface area contributed by atoms with Crippen molar-refractivity contribution in [3.05, 3.63) is 16.1 Å². The molecule has 3 heterocycles. The number of rotatable bonds is 3. The first-order chi connectivity index (χ1) is 8.42. The molecule has 0 aromatic carbocycles. The van der Waals surface area contributed by atoms with Gasteiger partial charge in [-0.3, -0.25) is 0 Å². The lowest BCUT2D eigenvalue weighted by Gasteiger charge is -2.20. The van der Waals surface area contributed by atoms with Crippen LogP contribution in [-0.4, -0.2) is 30.8 Å². The Labute approximate surface area is 107 Å². The second-order valence-electron chi connectivity index (χ2n) is 5.05. The molecular formula is C13H20N2OS. The lowest BCUT2D eigenvalue weighted by atomic mass is 9.97. The van der Waals surface area contributed by atoms with E-state index < -0.39 is 0 Å². The predicted octanol–water partition coefficient (Wildman–Crippen LogP) is 2.33. The Morgan fingerprint density at radius 1 is 1.35 bits per heavy atom. The molecule has 4 heteroatoms. The summed E-state index contributed by atoms with van der Waals surface area (Å²) in [6.07, 6.45) is 6.04. The molecule has 2 fully saturated rings. The lowest BCUT2D eigenvalue weighted by molar-refractivity contribution is 0.0846. The number of hydrogen-bond donors (Lipinski definition) is 1. The summed E-state index contributed by atoms with van der Waals surface area (Å²) in [5.41, 5.74) is 1.31. The number of nitrogens with zero attached hydrogens (tertiary/aromatic N) is 1. The molecule has 2 saturated heterocycles. The SMILES string of the molecule is c1sc(CC2CCCN2)nc1C1CCOCC1. The summed E-state index contributed by atoms with van der Waals surface area (Å²) in [6, 6.07) is 0.670. The van der Waals surface area contributed by atoms with Gasteiger partial charge in [-0.25, -0.2) is 4.98 Å². The second kappa shape index (κ2) is 5.46. The number of hydrogen-bond acceptors (Lipinski definition) is 4. The highest BCUT2D eigenvalue weighted by Gasteiger charge is 2.20. The van der Waals surface area contributed by atoms with Crippen molar-refractivity contribution in [1.82, 2.24) is 10.3 Å². The van der Waals surface area contributed by atoms with Crippen LogP contribution in [0.3, 0.4) is 0 Å². The summed E-state index contributed by atoms with van der Waals surface area (Å²) in [6.45, 7) is 2.99. The topological polar surface area (TPSA) is 34.2 Å². The summed E-state index contributed by atoms with van der Waals surface area (Å²) in [5.74, 6) is 0.644. The Morgan fingerprint density at radius 3 is 3.00 bits per heavy atom. The molecule has 0 spiro atoms. The molecule has 0 radical (unpaired) electrons. The monoisotopic (exact) mass is 252 g/mol. The van der Waals surface area contributed by atoms with Gasteiger partial charge in [0.2, 0.25) is 0 Å². The lowest BCUT2D eigenvalue weighted by Crippen LogP contribution is -2.23. The first-order valence-corrected chi connectivity index (χ1v) is 7.55. The van der Waals surface area contributed by atoms with E-state index in [9.17, 15) is 0 Å². The van der Waals surface area contributed by atoms with E-state index in [-0.39, 0.29) is 0 Å². The van der Waals surface area contributed by atoms with Crippen LogP contribution in [0.2, 0.25) is 0 Å². The molecule has 0 saturated carbocycles. The third-order valence-corrected chi connectivity index (χ3v) is 4.68. The van der Waals surface area contributed by atoms with Gasteiger partial charge in [0, 0.05) is 37.0 Å². The minimum atomic E-state index is 0.644. The third kappa shape index (κ3) is 2.87. The van der Waals surface area contributed by atoms with E-state index in [1.807, 2.05) is 11.3 Å². The first kappa shape index (κ1) is 11.6. The van der Waals surface area contributed by atoms with Crippen LogP contribution in [0.15, 0.2) is 5.38 Å². The summed E-state index contributed by atoms with van der Waals surface area (Å²) < 4.78 is 5.40. The van der Waals surface area contributed by atoms with Crippen LogP contribution in [-0.2, 0) is 11.2 Å². The van der Waals surface area contributed by atoms with Gasteiger partial charge in [-0.1, -0.05) is 0 Å².